The second kappa shape index (κ2) is 4.95. The molecule has 0 spiro atoms. The van der Waals surface area contributed by atoms with Crippen LogP contribution >= 0.6 is 0 Å². The first-order valence-electron chi connectivity index (χ1n) is 5.36. The normalized spacial score (nSPS) is 10.8. The Morgan fingerprint density at radius 1 is 1.44 bits per heavy atom. The van der Waals surface area contributed by atoms with E-state index in [2.05, 4.69) is 5.32 Å². The van der Waals surface area contributed by atoms with Crippen molar-refractivity contribution in [3.63, 3.8) is 0 Å². The molecule has 1 rings (SSSR count). The Kier molecular flexibility index (Phi) is 3.80. The molecule has 1 amide bonds. The second-order valence-electron chi connectivity index (χ2n) is 4.88. The minimum Gasteiger partial charge on any atom is -0.325 e. The van der Waals surface area contributed by atoms with Crippen molar-refractivity contribution in [3.8, 4) is 0 Å². The fourth-order valence-electron chi connectivity index (χ4n) is 1.21. The summed E-state index contributed by atoms with van der Waals surface area (Å²) in [7, 11) is 0. The number of rotatable bonds is 3. The third kappa shape index (κ3) is 3.13. The van der Waals surface area contributed by atoms with Gasteiger partial charge in [-0.05, 0) is 6.07 Å². The molecule has 6 nitrogen and oxygen atoms in total. The van der Waals surface area contributed by atoms with Crippen molar-refractivity contribution in [3.05, 3.63) is 33.9 Å². The first-order valence-corrected chi connectivity index (χ1v) is 5.36. The standard InChI is InChI=1S/C12H15N3O3/c1-12(2,3)11(16)14-10-5-4-9(15(17)18)6-8(10)7-13/h4-7,13H,1-3H3,(H,14,16). The van der Waals surface area contributed by atoms with Gasteiger partial charge in [0, 0.05) is 29.3 Å². The van der Waals surface area contributed by atoms with Crippen molar-refractivity contribution < 1.29 is 9.72 Å². The van der Waals surface area contributed by atoms with E-state index in [-0.39, 0.29) is 11.6 Å². The predicted octanol–water partition coefficient (Wildman–Crippen LogP) is 2.58. The number of non-ortho nitro benzene ring substituents is 1. The SMILES string of the molecule is CC(C)(C)C(=O)Nc1ccc([N+](=O)[O-])cc1C=N. The number of amides is 1. The molecule has 0 aliphatic rings. The Labute approximate surface area is 105 Å². The van der Waals surface area contributed by atoms with E-state index in [9.17, 15) is 14.9 Å². The maximum absolute atomic E-state index is 11.8. The number of nitro groups is 1. The zero-order valence-electron chi connectivity index (χ0n) is 10.5. The van der Waals surface area contributed by atoms with Crippen LogP contribution in [0.4, 0.5) is 11.4 Å². The van der Waals surface area contributed by atoms with Gasteiger partial charge in [0.1, 0.15) is 0 Å². The number of nitrogens with one attached hydrogen (secondary N) is 2. The number of carbonyl (C=O) groups excluding carboxylic acids is 1. The average Bonchev–Trinajstić information content (AvgIpc) is 2.27. The molecule has 0 bridgehead atoms. The van der Waals surface area contributed by atoms with Crippen LogP contribution in [0.15, 0.2) is 18.2 Å². The van der Waals surface area contributed by atoms with Gasteiger partial charge in [-0.1, -0.05) is 20.8 Å². The van der Waals surface area contributed by atoms with Gasteiger partial charge in [-0.15, -0.1) is 0 Å². The summed E-state index contributed by atoms with van der Waals surface area (Å²) < 4.78 is 0. The predicted molar refractivity (Wildman–Crippen MR) is 69.1 cm³/mol. The Hall–Kier alpha value is -2.24. The van der Waals surface area contributed by atoms with E-state index in [0.29, 0.717) is 11.3 Å². The molecule has 0 saturated heterocycles. The first-order chi connectivity index (χ1) is 8.25. The van der Waals surface area contributed by atoms with Crippen molar-refractivity contribution >= 4 is 23.5 Å². The van der Waals surface area contributed by atoms with E-state index in [0.717, 1.165) is 6.21 Å². The van der Waals surface area contributed by atoms with Crippen LogP contribution in [-0.2, 0) is 4.79 Å². The molecule has 18 heavy (non-hydrogen) atoms. The van der Waals surface area contributed by atoms with Gasteiger partial charge in [0.15, 0.2) is 0 Å². The molecule has 0 aliphatic heterocycles. The maximum atomic E-state index is 11.8. The minimum atomic E-state index is -0.568. The van der Waals surface area contributed by atoms with Crippen molar-refractivity contribution in [2.24, 2.45) is 5.41 Å². The number of nitro benzene ring substituents is 1. The van der Waals surface area contributed by atoms with Crippen LogP contribution in [0, 0.1) is 20.9 Å². The average molecular weight is 249 g/mol. The Bertz CT molecular complexity index is 504. The molecule has 1 aromatic carbocycles. The molecule has 2 N–H and O–H groups in total. The Morgan fingerprint density at radius 2 is 2.06 bits per heavy atom. The lowest BCUT2D eigenvalue weighted by atomic mass is 9.95. The smallest absolute Gasteiger partial charge is 0.270 e. The molecule has 0 aromatic heterocycles. The fraction of sp³-hybridized carbons (Fsp3) is 0.333. The van der Waals surface area contributed by atoms with Crippen molar-refractivity contribution in [1.82, 2.24) is 0 Å². The lowest BCUT2D eigenvalue weighted by Gasteiger charge is -2.18. The van der Waals surface area contributed by atoms with Crippen molar-refractivity contribution in [1.29, 1.82) is 5.41 Å². The minimum absolute atomic E-state index is 0.109. The summed E-state index contributed by atoms with van der Waals surface area (Å²) in [5, 5.41) is 20.5. The molecule has 0 unspecified atom stereocenters. The maximum Gasteiger partial charge on any atom is 0.270 e. The van der Waals surface area contributed by atoms with E-state index in [1.165, 1.54) is 18.2 Å². The summed E-state index contributed by atoms with van der Waals surface area (Å²) in [6.45, 7) is 5.29. The van der Waals surface area contributed by atoms with Crippen LogP contribution < -0.4 is 5.32 Å². The van der Waals surface area contributed by atoms with Gasteiger partial charge >= 0.3 is 0 Å². The number of hydrogen-bond acceptors (Lipinski definition) is 4. The fourth-order valence-corrected chi connectivity index (χ4v) is 1.21. The number of anilines is 1. The van der Waals surface area contributed by atoms with E-state index in [4.69, 9.17) is 5.41 Å². The summed E-state index contributed by atoms with van der Waals surface area (Å²) in [6.07, 6.45) is 0.977. The van der Waals surface area contributed by atoms with Gasteiger partial charge in [-0.2, -0.15) is 0 Å². The summed E-state index contributed by atoms with van der Waals surface area (Å²) in [4.78, 5) is 21.9. The lowest BCUT2D eigenvalue weighted by molar-refractivity contribution is -0.384. The van der Waals surface area contributed by atoms with Crippen LogP contribution in [0.25, 0.3) is 0 Å². The highest BCUT2D eigenvalue weighted by Crippen LogP contribution is 2.23. The number of hydrogen-bond donors (Lipinski definition) is 2. The zero-order chi connectivity index (χ0) is 13.9. The Balaban J connectivity index is 3.07. The second-order valence-corrected chi connectivity index (χ2v) is 4.88. The van der Waals surface area contributed by atoms with E-state index < -0.39 is 10.3 Å². The van der Waals surface area contributed by atoms with Gasteiger partial charge in [-0.3, -0.25) is 14.9 Å². The van der Waals surface area contributed by atoms with Crippen LogP contribution in [0.1, 0.15) is 26.3 Å². The lowest BCUT2D eigenvalue weighted by Crippen LogP contribution is -2.28. The molecule has 0 atom stereocenters. The van der Waals surface area contributed by atoms with E-state index >= 15 is 0 Å². The molecular formula is C12H15N3O3. The number of benzene rings is 1. The van der Waals surface area contributed by atoms with E-state index in [1.54, 1.807) is 20.8 Å². The third-order valence-corrected chi connectivity index (χ3v) is 2.33. The molecular weight excluding hydrogens is 234 g/mol. The third-order valence-electron chi connectivity index (χ3n) is 2.33. The molecule has 0 fully saturated rings. The van der Waals surface area contributed by atoms with Crippen LogP contribution in [0.2, 0.25) is 0 Å². The first kappa shape index (κ1) is 13.8. The van der Waals surface area contributed by atoms with Crippen LogP contribution in [-0.4, -0.2) is 17.0 Å². The monoisotopic (exact) mass is 249 g/mol. The van der Waals surface area contributed by atoms with Gasteiger partial charge in [-0.25, -0.2) is 0 Å². The van der Waals surface area contributed by atoms with Gasteiger partial charge in [0.2, 0.25) is 5.91 Å². The summed E-state index contributed by atoms with van der Waals surface area (Å²) in [5.74, 6) is -0.209. The van der Waals surface area contributed by atoms with Gasteiger partial charge in [0.05, 0.1) is 10.6 Å². The summed E-state index contributed by atoms with van der Waals surface area (Å²) in [6, 6.07) is 3.98. The molecule has 0 heterocycles. The highest BCUT2D eigenvalue weighted by atomic mass is 16.6. The number of carbonyl (C=O) groups is 1. The molecule has 96 valence electrons. The van der Waals surface area contributed by atoms with Crippen molar-refractivity contribution in [2.75, 3.05) is 5.32 Å². The topological polar surface area (TPSA) is 96.1 Å². The zero-order valence-corrected chi connectivity index (χ0v) is 10.5. The summed E-state index contributed by atoms with van der Waals surface area (Å²) in [5.41, 5.74) is 0.0285. The molecule has 6 heteroatoms. The van der Waals surface area contributed by atoms with E-state index in [1.807, 2.05) is 0 Å². The van der Waals surface area contributed by atoms with Crippen LogP contribution in [0.5, 0.6) is 0 Å². The van der Waals surface area contributed by atoms with Gasteiger partial charge in [0.25, 0.3) is 5.69 Å². The molecule has 1 aromatic rings. The quantitative estimate of drug-likeness (QED) is 0.489. The molecule has 0 aliphatic carbocycles. The summed E-state index contributed by atoms with van der Waals surface area (Å²) >= 11 is 0. The van der Waals surface area contributed by atoms with Gasteiger partial charge < -0.3 is 10.7 Å². The molecule has 0 radical (unpaired) electrons. The number of nitrogens with zero attached hydrogens (tertiary/aromatic N) is 1. The largest absolute Gasteiger partial charge is 0.325 e. The molecule has 0 saturated carbocycles. The highest BCUT2D eigenvalue weighted by molar-refractivity contribution is 5.99. The van der Waals surface area contributed by atoms with Crippen molar-refractivity contribution in [2.45, 2.75) is 20.8 Å². The van der Waals surface area contributed by atoms with Crippen LogP contribution in [0.3, 0.4) is 0 Å². The highest BCUT2D eigenvalue weighted by Gasteiger charge is 2.22. The Morgan fingerprint density at radius 3 is 2.50 bits per heavy atom.